The van der Waals surface area contributed by atoms with Crippen molar-refractivity contribution in [2.24, 2.45) is 0 Å². The van der Waals surface area contributed by atoms with Crippen LogP contribution in [-0.2, 0) is 6.42 Å². The van der Waals surface area contributed by atoms with Crippen LogP contribution in [0.1, 0.15) is 63.9 Å². The number of nitrogens with two attached hydrogens (primary N) is 1. The van der Waals surface area contributed by atoms with Crippen LogP contribution in [0.15, 0.2) is 48.5 Å². The molecule has 0 aliphatic heterocycles. The molecule has 4 aromatic rings. The third kappa shape index (κ3) is 3.60. The fraction of sp³-hybridized carbons (Fsp3) is 0.385. The number of rotatable bonds is 9. The van der Waals surface area contributed by atoms with E-state index in [9.17, 15) is 0 Å². The van der Waals surface area contributed by atoms with E-state index >= 15 is 0 Å². The molecule has 0 saturated carbocycles. The second-order valence-electron chi connectivity index (χ2n) is 8.03. The van der Waals surface area contributed by atoms with Crippen LogP contribution >= 0.6 is 0 Å². The van der Waals surface area contributed by atoms with Crippen molar-refractivity contribution in [2.75, 3.05) is 5.73 Å². The molecule has 2 N–H and O–H groups in total. The average Bonchev–Trinajstić information content (AvgIpc) is 2.70. The summed E-state index contributed by atoms with van der Waals surface area (Å²) in [5.74, 6) is 0. The van der Waals surface area contributed by atoms with E-state index in [4.69, 9.17) is 5.73 Å². The molecule has 0 fully saturated rings. The van der Waals surface area contributed by atoms with Crippen LogP contribution in [0.4, 0.5) is 5.69 Å². The first-order valence-corrected chi connectivity index (χ1v) is 10.7. The van der Waals surface area contributed by atoms with Gasteiger partial charge in [-0.05, 0) is 51.4 Å². The Balaban J connectivity index is 1.53. The molecule has 140 valence electrons. The van der Waals surface area contributed by atoms with Gasteiger partial charge in [-0.1, -0.05) is 94.3 Å². The summed E-state index contributed by atoms with van der Waals surface area (Å²) >= 11 is 0. The highest BCUT2D eigenvalue weighted by Crippen LogP contribution is 2.38. The Morgan fingerprint density at radius 3 is 1.89 bits per heavy atom. The molecule has 0 saturated heterocycles. The van der Waals surface area contributed by atoms with Crippen molar-refractivity contribution >= 4 is 38.0 Å². The molecular weight excluding hydrogens is 326 g/mol. The molecular formula is C26H31N. The van der Waals surface area contributed by atoms with Gasteiger partial charge in [0.1, 0.15) is 0 Å². The van der Waals surface area contributed by atoms with E-state index in [0.717, 1.165) is 5.69 Å². The van der Waals surface area contributed by atoms with E-state index in [1.165, 1.54) is 95.7 Å². The number of hydrogen-bond acceptors (Lipinski definition) is 1. The van der Waals surface area contributed by atoms with E-state index < -0.39 is 0 Å². The molecule has 0 amide bonds. The van der Waals surface area contributed by atoms with Crippen LogP contribution in [-0.4, -0.2) is 0 Å². The first kappa shape index (κ1) is 18.1. The molecule has 0 unspecified atom stereocenters. The van der Waals surface area contributed by atoms with Crippen molar-refractivity contribution < 1.29 is 0 Å². The van der Waals surface area contributed by atoms with E-state index in [0.29, 0.717) is 0 Å². The number of anilines is 1. The van der Waals surface area contributed by atoms with Crippen molar-refractivity contribution in [2.45, 2.75) is 64.7 Å². The van der Waals surface area contributed by atoms with E-state index in [-0.39, 0.29) is 0 Å². The lowest BCUT2D eigenvalue weighted by atomic mass is 9.90. The van der Waals surface area contributed by atoms with Crippen molar-refractivity contribution in [1.82, 2.24) is 0 Å². The lowest BCUT2D eigenvalue weighted by Crippen LogP contribution is -1.93. The Morgan fingerprint density at radius 1 is 0.593 bits per heavy atom. The smallest absolute Gasteiger partial charge is 0.0394 e. The summed E-state index contributed by atoms with van der Waals surface area (Å²) in [4.78, 5) is 0. The first-order chi connectivity index (χ1) is 13.3. The van der Waals surface area contributed by atoms with Crippen molar-refractivity contribution in [3.63, 3.8) is 0 Å². The molecule has 4 aromatic carbocycles. The zero-order chi connectivity index (χ0) is 18.6. The van der Waals surface area contributed by atoms with Crippen molar-refractivity contribution in [3.8, 4) is 0 Å². The Hall–Kier alpha value is -2.28. The summed E-state index contributed by atoms with van der Waals surface area (Å²) in [7, 11) is 0. The molecule has 1 heteroatoms. The Morgan fingerprint density at radius 2 is 1.15 bits per heavy atom. The van der Waals surface area contributed by atoms with Gasteiger partial charge in [0, 0.05) is 11.1 Å². The summed E-state index contributed by atoms with van der Waals surface area (Å²) in [5, 5.41) is 7.96. The molecule has 0 atom stereocenters. The third-order valence-electron chi connectivity index (χ3n) is 6.09. The monoisotopic (exact) mass is 357 g/mol. The van der Waals surface area contributed by atoms with Crippen molar-refractivity contribution in [1.29, 1.82) is 0 Å². The molecule has 0 radical (unpaired) electrons. The number of unbranched alkanes of at least 4 members (excludes halogenated alkanes) is 7. The molecule has 0 spiro atoms. The fourth-order valence-electron chi connectivity index (χ4n) is 4.55. The Bertz CT molecular complexity index is 1030. The minimum absolute atomic E-state index is 0.880. The summed E-state index contributed by atoms with van der Waals surface area (Å²) in [6.45, 7) is 2.28. The van der Waals surface area contributed by atoms with E-state index in [1.54, 1.807) is 0 Å². The minimum atomic E-state index is 0.880. The molecule has 1 nitrogen and oxygen atoms in total. The maximum atomic E-state index is 6.26. The topological polar surface area (TPSA) is 26.0 Å². The van der Waals surface area contributed by atoms with E-state index in [1.807, 2.05) is 6.07 Å². The maximum absolute atomic E-state index is 6.26. The van der Waals surface area contributed by atoms with Gasteiger partial charge in [0.25, 0.3) is 0 Å². The SMILES string of the molecule is CCCCCCCCCCc1ccc2ccc3ccc(N)c4ccc1c2c34. The molecule has 0 heterocycles. The highest BCUT2D eigenvalue weighted by atomic mass is 14.5. The second-order valence-corrected chi connectivity index (χ2v) is 8.03. The van der Waals surface area contributed by atoms with Gasteiger partial charge in [-0.25, -0.2) is 0 Å². The minimum Gasteiger partial charge on any atom is -0.398 e. The predicted octanol–water partition coefficient (Wildman–Crippen LogP) is 7.85. The van der Waals surface area contributed by atoms with Gasteiger partial charge in [0.15, 0.2) is 0 Å². The maximum Gasteiger partial charge on any atom is 0.0394 e. The molecule has 0 bridgehead atoms. The van der Waals surface area contributed by atoms with Crippen LogP contribution in [0, 0.1) is 0 Å². The largest absolute Gasteiger partial charge is 0.398 e. The quantitative estimate of drug-likeness (QED) is 0.184. The number of nitrogen functional groups attached to an aromatic ring is 1. The van der Waals surface area contributed by atoms with Gasteiger partial charge in [-0.2, -0.15) is 0 Å². The zero-order valence-corrected chi connectivity index (χ0v) is 16.6. The molecule has 4 rings (SSSR count). The zero-order valence-electron chi connectivity index (χ0n) is 16.6. The first-order valence-electron chi connectivity index (χ1n) is 10.7. The lowest BCUT2D eigenvalue weighted by Gasteiger charge is -2.15. The van der Waals surface area contributed by atoms with Gasteiger partial charge in [0.05, 0.1) is 0 Å². The van der Waals surface area contributed by atoms with Gasteiger partial charge >= 0.3 is 0 Å². The van der Waals surface area contributed by atoms with Crippen molar-refractivity contribution in [3.05, 3.63) is 54.1 Å². The molecule has 0 aliphatic carbocycles. The highest BCUT2D eigenvalue weighted by Gasteiger charge is 2.12. The number of benzene rings is 4. The number of hydrogen-bond donors (Lipinski definition) is 1. The Labute approximate surface area is 162 Å². The van der Waals surface area contributed by atoms with Gasteiger partial charge in [-0.15, -0.1) is 0 Å². The number of aryl methyl sites for hydroxylation is 1. The van der Waals surface area contributed by atoms with Crippen LogP contribution in [0.5, 0.6) is 0 Å². The Kier molecular flexibility index (Phi) is 5.48. The standard InChI is InChI=1S/C26H31N/c1-2-3-4-5-6-7-8-9-10-19-11-12-20-13-14-21-15-18-24(27)23-17-16-22(19)25(20)26(21)23/h11-18H,2-10,27H2,1H3. The third-order valence-corrected chi connectivity index (χ3v) is 6.09. The average molecular weight is 358 g/mol. The molecule has 0 aliphatic rings. The van der Waals surface area contributed by atoms with Crippen LogP contribution in [0.3, 0.4) is 0 Å². The normalized spacial score (nSPS) is 11.9. The molecule has 27 heavy (non-hydrogen) atoms. The van der Waals surface area contributed by atoms with Gasteiger partial charge < -0.3 is 5.73 Å². The lowest BCUT2D eigenvalue weighted by molar-refractivity contribution is 0.576. The van der Waals surface area contributed by atoms with Gasteiger partial charge in [-0.3, -0.25) is 0 Å². The second kappa shape index (κ2) is 8.17. The van der Waals surface area contributed by atoms with Crippen LogP contribution in [0.2, 0.25) is 0 Å². The fourth-order valence-corrected chi connectivity index (χ4v) is 4.55. The summed E-state index contributed by atoms with van der Waals surface area (Å²) in [5.41, 5.74) is 8.63. The molecule has 0 aromatic heterocycles. The van der Waals surface area contributed by atoms with E-state index in [2.05, 4.69) is 49.4 Å². The summed E-state index contributed by atoms with van der Waals surface area (Å²) in [6.07, 6.45) is 12.2. The summed E-state index contributed by atoms with van der Waals surface area (Å²) in [6, 6.07) is 17.8. The highest BCUT2D eigenvalue weighted by molar-refractivity contribution is 6.25. The van der Waals surface area contributed by atoms with Crippen LogP contribution in [0.25, 0.3) is 32.3 Å². The van der Waals surface area contributed by atoms with Gasteiger partial charge in [0.2, 0.25) is 0 Å². The summed E-state index contributed by atoms with van der Waals surface area (Å²) < 4.78 is 0. The van der Waals surface area contributed by atoms with Crippen LogP contribution < -0.4 is 5.73 Å². The predicted molar refractivity (Wildman–Crippen MR) is 121 cm³/mol.